The van der Waals surface area contributed by atoms with E-state index in [2.05, 4.69) is 0 Å². The highest BCUT2D eigenvalue weighted by molar-refractivity contribution is 6.05. The van der Waals surface area contributed by atoms with Crippen molar-refractivity contribution in [2.24, 2.45) is 23.7 Å². The van der Waals surface area contributed by atoms with Crippen LogP contribution < -0.4 is 4.74 Å². The molecule has 2 heterocycles. The third kappa shape index (κ3) is 3.60. The van der Waals surface area contributed by atoms with Crippen LogP contribution in [0.25, 0.3) is 0 Å². The number of para-hydroxylation sites is 2. The lowest BCUT2D eigenvalue weighted by Gasteiger charge is -2.44. The molecule has 0 unspecified atom stereocenters. The van der Waals surface area contributed by atoms with Gasteiger partial charge in [0, 0.05) is 23.9 Å². The van der Waals surface area contributed by atoms with Crippen LogP contribution in [0.15, 0.2) is 54.6 Å². The molecule has 174 valence electrons. The average molecular weight is 452 g/mol. The van der Waals surface area contributed by atoms with E-state index in [0.717, 1.165) is 0 Å². The summed E-state index contributed by atoms with van der Waals surface area (Å²) in [7, 11) is 0. The summed E-state index contributed by atoms with van der Waals surface area (Å²) < 4.78 is 12.2. The maximum absolute atomic E-state index is 13.3. The van der Waals surface area contributed by atoms with Crippen molar-refractivity contribution in [1.82, 2.24) is 4.90 Å². The van der Waals surface area contributed by atoms with Gasteiger partial charge in [0.05, 0.1) is 24.5 Å². The van der Waals surface area contributed by atoms with Gasteiger partial charge in [-0.1, -0.05) is 43.3 Å². The van der Waals surface area contributed by atoms with E-state index in [1.807, 2.05) is 37.3 Å². The first kappa shape index (κ1) is 21.9. The zero-order valence-corrected chi connectivity index (χ0v) is 18.6. The lowest BCUT2D eigenvalue weighted by molar-refractivity contribution is -0.272. The monoisotopic (exact) mass is 451 g/mol. The molecule has 5 rings (SSSR count). The quantitative estimate of drug-likeness (QED) is 0.655. The highest BCUT2D eigenvalue weighted by Crippen LogP contribution is 2.58. The minimum Gasteiger partial charge on any atom is -0.508 e. The molecule has 7 nitrogen and oxygen atoms in total. The van der Waals surface area contributed by atoms with Crippen molar-refractivity contribution in [3.63, 3.8) is 0 Å². The molecule has 2 N–H and O–H groups in total. The second-order valence-corrected chi connectivity index (χ2v) is 9.28. The predicted molar refractivity (Wildman–Crippen MR) is 119 cm³/mol. The molecule has 3 aliphatic rings. The number of aromatic hydroxyl groups is 1. The topological polar surface area (TPSA) is 96.3 Å². The average Bonchev–Trinajstić information content (AvgIpc) is 3.28. The van der Waals surface area contributed by atoms with Crippen LogP contribution in [-0.4, -0.2) is 45.9 Å². The molecule has 2 saturated heterocycles. The van der Waals surface area contributed by atoms with Gasteiger partial charge in [-0.25, -0.2) is 0 Å². The number of fused-ring (bicyclic) bond motifs is 3. The maximum Gasteiger partial charge on any atom is 0.233 e. The molecule has 1 aliphatic carbocycles. The van der Waals surface area contributed by atoms with Gasteiger partial charge >= 0.3 is 0 Å². The van der Waals surface area contributed by atoms with Crippen molar-refractivity contribution in [2.45, 2.75) is 38.1 Å². The summed E-state index contributed by atoms with van der Waals surface area (Å²) in [6.07, 6.45) is 0.754. The van der Waals surface area contributed by atoms with Crippen molar-refractivity contribution in [2.75, 3.05) is 13.2 Å². The molecule has 7 heteroatoms. The van der Waals surface area contributed by atoms with Gasteiger partial charge in [0.15, 0.2) is 5.79 Å². The predicted octanol–water partition coefficient (Wildman–Crippen LogP) is 3.27. The lowest BCUT2D eigenvalue weighted by Crippen LogP contribution is -2.55. The molecular formula is C26H29NO6. The number of hydrogen-bond acceptors (Lipinski definition) is 6. The normalized spacial score (nSPS) is 33.2. The van der Waals surface area contributed by atoms with Crippen LogP contribution in [0.5, 0.6) is 11.5 Å². The van der Waals surface area contributed by atoms with Crippen molar-refractivity contribution in [3.8, 4) is 11.5 Å². The van der Waals surface area contributed by atoms with Crippen LogP contribution in [0, 0.1) is 23.7 Å². The molecule has 2 amide bonds. The Balaban J connectivity index is 1.48. The van der Waals surface area contributed by atoms with Gasteiger partial charge in [-0.3, -0.25) is 14.5 Å². The largest absolute Gasteiger partial charge is 0.508 e. The molecule has 0 bridgehead atoms. The number of phenols is 1. The first-order chi connectivity index (χ1) is 15.9. The number of carbonyl (C=O) groups excluding carboxylic acids is 2. The van der Waals surface area contributed by atoms with E-state index >= 15 is 0 Å². The minimum atomic E-state index is -1.64. The molecule has 2 aliphatic heterocycles. The second-order valence-electron chi connectivity index (χ2n) is 9.28. The van der Waals surface area contributed by atoms with Crippen molar-refractivity contribution in [1.29, 1.82) is 0 Å². The molecule has 2 aromatic rings. The fourth-order valence-corrected chi connectivity index (χ4v) is 5.85. The summed E-state index contributed by atoms with van der Waals surface area (Å²) in [6.45, 7) is 2.47. The van der Waals surface area contributed by atoms with Gasteiger partial charge in [-0.05, 0) is 37.5 Å². The molecule has 2 aromatic carbocycles. The minimum absolute atomic E-state index is 0.0832. The molecular weight excluding hydrogens is 422 g/mol. The van der Waals surface area contributed by atoms with Crippen LogP contribution in [0.2, 0.25) is 0 Å². The Bertz CT molecular complexity index is 1040. The van der Waals surface area contributed by atoms with Crippen LogP contribution in [0.3, 0.4) is 0 Å². The number of carbonyl (C=O) groups is 2. The maximum atomic E-state index is 13.3. The second kappa shape index (κ2) is 8.47. The van der Waals surface area contributed by atoms with Crippen molar-refractivity contribution >= 4 is 11.8 Å². The Labute approximate surface area is 192 Å². The molecule has 1 saturated carbocycles. The molecule has 33 heavy (non-hydrogen) atoms. The lowest BCUT2D eigenvalue weighted by atomic mass is 9.64. The van der Waals surface area contributed by atoms with Crippen LogP contribution in [0.1, 0.15) is 37.9 Å². The number of imide groups is 1. The van der Waals surface area contributed by atoms with E-state index in [1.165, 1.54) is 4.90 Å². The number of ether oxygens (including phenoxy) is 2. The van der Waals surface area contributed by atoms with Gasteiger partial charge in [-0.2, -0.15) is 0 Å². The third-order valence-corrected chi connectivity index (χ3v) is 7.38. The zero-order valence-electron chi connectivity index (χ0n) is 18.6. The fraction of sp³-hybridized carbons (Fsp3) is 0.462. The highest BCUT2D eigenvalue weighted by atomic mass is 16.6. The zero-order chi connectivity index (χ0) is 23.2. The molecule has 0 spiro atoms. The number of rotatable bonds is 6. The van der Waals surface area contributed by atoms with Crippen molar-refractivity contribution < 1.29 is 29.3 Å². The fourth-order valence-electron chi connectivity index (χ4n) is 5.85. The Morgan fingerprint density at radius 3 is 2.52 bits per heavy atom. The smallest absolute Gasteiger partial charge is 0.233 e. The van der Waals surface area contributed by atoms with Gasteiger partial charge in [-0.15, -0.1) is 0 Å². The standard InChI is InChI=1S/C26H29NO6/c1-2-12-27-24(29)19-13-16(15-32-17-8-4-3-5-9-17)26(31)20(23(19)25(27)30)14-22(33-26)18-10-6-7-11-21(18)28/h3-11,16,19-20,22-23,28,31H,2,12-15H2,1H3/t16-,19+,20+,22+,23+,26-/m1/s1. The molecule has 0 aromatic heterocycles. The number of amides is 2. The van der Waals surface area contributed by atoms with E-state index < -0.39 is 35.6 Å². The first-order valence-corrected chi connectivity index (χ1v) is 11.6. The number of nitrogens with zero attached hydrogens (tertiary/aromatic N) is 1. The summed E-state index contributed by atoms with van der Waals surface area (Å²) in [5.41, 5.74) is 0.571. The third-order valence-electron chi connectivity index (χ3n) is 7.38. The summed E-state index contributed by atoms with van der Waals surface area (Å²) in [6, 6.07) is 16.2. The number of phenolic OH excluding ortho intramolecular Hbond substituents is 1. The first-order valence-electron chi connectivity index (χ1n) is 11.6. The molecule has 6 atom stereocenters. The number of aliphatic hydroxyl groups is 1. The molecule has 3 fully saturated rings. The van der Waals surface area contributed by atoms with Gasteiger partial charge in [0.2, 0.25) is 11.8 Å². The summed E-state index contributed by atoms with van der Waals surface area (Å²) >= 11 is 0. The van der Waals surface area contributed by atoms with Gasteiger partial charge in [0.25, 0.3) is 0 Å². The highest BCUT2D eigenvalue weighted by Gasteiger charge is 2.66. The number of benzene rings is 2. The SMILES string of the molecule is CCCN1C(=O)[C@H]2[C@H](C[C@H](COc3ccccc3)[C@@]3(O)O[C@H](c4ccccc4O)C[C@@H]23)C1=O. The number of likely N-dealkylation sites (tertiary alicyclic amines) is 1. The van der Waals surface area contributed by atoms with E-state index in [1.54, 1.807) is 24.3 Å². The number of hydrogen-bond donors (Lipinski definition) is 2. The van der Waals surface area contributed by atoms with E-state index in [0.29, 0.717) is 37.1 Å². The Kier molecular flexibility index (Phi) is 5.62. The molecule has 0 radical (unpaired) electrons. The van der Waals surface area contributed by atoms with Gasteiger partial charge < -0.3 is 19.7 Å². The Hall–Kier alpha value is -2.90. The van der Waals surface area contributed by atoms with E-state index in [9.17, 15) is 19.8 Å². The van der Waals surface area contributed by atoms with Gasteiger partial charge in [0.1, 0.15) is 11.5 Å². The van der Waals surface area contributed by atoms with E-state index in [4.69, 9.17) is 9.47 Å². The summed E-state index contributed by atoms with van der Waals surface area (Å²) in [5, 5.41) is 22.3. The van der Waals surface area contributed by atoms with Crippen molar-refractivity contribution in [3.05, 3.63) is 60.2 Å². The van der Waals surface area contributed by atoms with Crippen LogP contribution in [0.4, 0.5) is 0 Å². The van der Waals surface area contributed by atoms with Crippen LogP contribution >= 0.6 is 0 Å². The van der Waals surface area contributed by atoms with E-state index in [-0.39, 0.29) is 24.2 Å². The van der Waals surface area contributed by atoms with Crippen LogP contribution in [-0.2, 0) is 14.3 Å². The Morgan fingerprint density at radius 2 is 1.79 bits per heavy atom. The summed E-state index contributed by atoms with van der Waals surface area (Å²) in [5.74, 6) is -3.47. The summed E-state index contributed by atoms with van der Waals surface area (Å²) in [4.78, 5) is 27.8. The Morgan fingerprint density at radius 1 is 1.06 bits per heavy atom.